The number of benzene rings is 2. The molecule has 3 nitrogen and oxygen atoms in total. The normalized spacial score (nSPS) is 10.3. The maximum Gasteiger partial charge on any atom is 0.255 e. The van der Waals surface area contributed by atoms with E-state index in [1.165, 1.54) is 0 Å². The quantitative estimate of drug-likeness (QED) is 0.652. The van der Waals surface area contributed by atoms with Crippen LogP contribution in [0.5, 0.6) is 0 Å². The summed E-state index contributed by atoms with van der Waals surface area (Å²) in [6.45, 7) is 0. The maximum atomic E-state index is 12.4. The molecule has 0 atom stereocenters. The Balaban J connectivity index is 2.33. The molecule has 0 saturated heterocycles. The van der Waals surface area contributed by atoms with Crippen molar-refractivity contribution in [3.8, 4) is 0 Å². The largest absolute Gasteiger partial charge is 0.376 e. The first-order valence-electron chi connectivity index (χ1n) is 6.11. The van der Waals surface area contributed by atoms with Gasteiger partial charge in [-0.15, -0.1) is 0 Å². The van der Waals surface area contributed by atoms with Crippen LogP contribution in [-0.4, -0.2) is 20.0 Å². The minimum Gasteiger partial charge on any atom is -0.376 e. The number of carbonyl (C=O) groups excluding carboxylic acids is 1. The van der Waals surface area contributed by atoms with Crippen molar-refractivity contribution >= 4 is 65.1 Å². The lowest BCUT2D eigenvalue weighted by atomic mass is 10.2. The van der Waals surface area contributed by atoms with Crippen LogP contribution in [0.3, 0.4) is 0 Å². The Morgan fingerprint density at radius 2 is 1.57 bits per heavy atom. The fraction of sp³-hybridized carbons (Fsp3) is 0.133. The van der Waals surface area contributed by atoms with Crippen molar-refractivity contribution in [3.63, 3.8) is 0 Å². The van der Waals surface area contributed by atoms with E-state index in [1.807, 2.05) is 43.3 Å². The van der Waals surface area contributed by atoms with Gasteiger partial charge in [0.05, 0.1) is 11.4 Å². The molecule has 0 heterocycles. The van der Waals surface area contributed by atoms with E-state index in [0.29, 0.717) is 5.56 Å². The highest BCUT2D eigenvalue weighted by Crippen LogP contribution is 2.29. The lowest BCUT2D eigenvalue weighted by molar-refractivity contribution is 0.102. The van der Waals surface area contributed by atoms with Crippen molar-refractivity contribution in [2.45, 2.75) is 0 Å². The van der Waals surface area contributed by atoms with Gasteiger partial charge in [0.25, 0.3) is 5.91 Å². The summed E-state index contributed by atoms with van der Waals surface area (Å²) in [6, 6.07) is 11.2. The Morgan fingerprint density at radius 3 is 2.14 bits per heavy atom. The van der Waals surface area contributed by atoms with Gasteiger partial charge in [-0.25, -0.2) is 0 Å². The molecule has 2 aromatic rings. The van der Waals surface area contributed by atoms with E-state index >= 15 is 0 Å². The highest BCUT2D eigenvalue weighted by atomic mass is 79.9. The van der Waals surface area contributed by atoms with Gasteiger partial charge in [-0.1, -0.05) is 47.8 Å². The monoisotopic (exact) mass is 474 g/mol. The predicted molar refractivity (Wildman–Crippen MR) is 98.3 cm³/mol. The van der Waals surface area contributed by atoms with Crippen LogP contribution in [0.25, 0.3) is 0 Å². The van der Waals surface area contributed by atoms with Crippen LogP contribution in [0, 0.1) is 0 Å². The van der Waals surface area contributed by atoms with E-state index in [9.17, 15) is 4.79 Å². The Labute approximate surface area is 149 Å². The third-order valence-electron chi connectivity index (χ3n) is 2.81. The summed E-state index contributed by atoms with van der Waals surface area (Å²) in [7, 11) is 3.88. The van der Waals surface area contributed by atoms with Crippen molar-refractivity contribution < 1.29 is 4.79 Å². The summed E-state index contributed by atoms with van der Waals surface area (Å²) >= 11 is 10.2. The zero-order chi connectivity index (χ0) is 15.6. The first kappa shape index (κ1) is 16.5. The Morgan fingerprint density at radius 1 is 0.952 bits per heavy atom. The molecule has 0 bridgehead atoms. The van der Waals surface area contributed by atoms with Crippen LogP contribution in [0.4, 0.5) is 11.4 Å². The van der Waals surface area contributed by atoms with E-state index < -0.39 is 0 Å². The van der Waals surface area contributed by atoms with Crippen molar-refractivity contribution in [1.82, 2.24) is 0 Å². The molecule has 0 aliphatic rings. The number of halogens is 3. The number of nitrogens with one attached hydrogen (secondary N) is 1. The zero-order valence-electron chi connectivity index (χ0n) is 11.5. The Bertz CT molecular complexity index is 666. The minimum atomic E-state index is -0.154. The summed E-state index contributed by atoms with van der Waals surface area (Å²) in [5.74, 6) is -0.154. The number of amides is 1. The second-order valence-corrected chi connectivity index (χ2v) is 7.42. The van der Waals surface area contributed by atoms with E-state index in [2.05, 4.69) is 53.1 Å². The molecule has 1 N–H and O–H groups in total. The Kier molecular flexibility index (Phi) is 5.46. The topological polar surface area (TPSA) is 32.3 Å². The number of nitrogens with zero attached hydrogens (tertiary/aromatic N) is 1. The van der Waals surface area contributed by atoms with Crippen molar-refractivity contribution in [2.24, 2.45) is 0 Å². The SMILES string of the molecule is CN(C)c1ccc(Br)cc1NC(=O)c1cc(Br)cc(Br)c1. The molecule has 0 aromatic heterocycles. The minimum absolute atomic E-state index is 0.154. The van der Waals surface area contributed by atoms with Gasteiger partial charge in [-0.05, 0) is 36.4 Å². The molecule has 2 aromatic carbocycles. The summed E-state index contributed by atoms with van der Waals surface area (Å²) in [5, 5.41) is 2.95. The fourth-order valence-electron chi connectivity index (χ4n) is 1.88. The van der Waals surface area contributed by atoms with Gasteiger partial charge in [0.1, 0.15) is 0 Å². The fourth-order valence-corrected chi connectivity index (χ4v) is 3.53. The van der Waals surface area contributed by atoms with Crippen LogP contribution in [-0.2, 0) is 0 Å². The smallest absolute Gasteiger partial charge is 0.255 e. The molecule has 110 valence electrons. The van der Waals surface area contributed by atoms with Gasteiger partial charge in [0.2, 0.25) is 0 Å². The third kappa shape index (κ3) is 4.31. The van der Waals surface area contributed by atoms with Crippen molar-refractivity contribution in [2.75, 3.05) is 24.3 Å². The maximum absolute atomic E-state index is 12.4. The average molecular weight is 477 g/mol. The number of carbonyl (C=O) groups is 1. The molecule has 0 unspecified atom stereocenters. The molecule has 0 fully saturated rings. The zero-order valence-corrected chi connectivity index (χ0v) is 16.2. The van der Waals surface area contributed by atoms with Gasteiger partial charge < -0.3 is 10.2 Å². The van der Waals surface area contributed by atoms with E-state index in [0.717, 1.165) is 24.8 Å². The van der Waals surface area contributed by atoms with Crippen LogP contribution in [0.1, 0.15) is 10.4 Å². The van der Waals surface area contributed by atoms with Crippen molar-refractivity contribution in [3.05, 3.63) is 55.4 Å². The predicted octanol–water partition coefficient (Wildman–Crippen LogP) is 5.29. The first-order chi connectivity index (χ1) is 9.86. The third-order valence-corrected chi connectivity index (χ3v) is 4.22. The highest BCUT2D eigenvalue weighted by molar-refractivity contribution is 9.11. The number of rotatable bonds is 3. The molecule has 6 heteroatoms. The highest BCUT2D eigenvalue weighted by Gasteiger charge is 2.12. The standard InChI is InChI=1S/C15H13Br3N2O/c1-20(2)14-4-3-10(16)8-13(14)19-15(21)9-5-11(17)7-12(18)6-9/h3-8H,1-2H3,(H,19,21). The summed E-state index contributed by atoms with van der Waals surface area (Å²) < 4.78 is 2.62. The molecule has 2 rings (SSSR count). The van der Waals surface area contributed by atoms with Gasteiger partial charge in [-0.2, -0.15) is 0 Å². The van der Waals surface area contributed by atoms with E-state index in [-0.39, 0.29) is 5.91 Å². The van der Waals surface area contributed by atoms with E-state index in [4.69, 9.17) is 0 Å². The van der Waals surface area contributed by atoms with Gasteiger partial charge >= 0.3 is 0 Å². The molecule has 0 spiro atoms. The van der Waals surface area contributed by atoms with E-state index in [1.54, 1.807) is 12.1 Å². The van der Waals surface area contributed by atoms with Crippen molar-refractivity contribution in [1.29, 1.82) is 0 Å². The summed E-state index contributed by atoms with van der Waals surface area (Å²) in [6.07, 6.45) is 0. The summed E-state index contributed by atoms with van der Waals surface area (Å²) in [5.41, 5.74) is 2.29. The van der Waals surface area contributed by atoms with Crippen LogP contribution < -0.4 is 10.2 Å². The molecule has 0 saturated carbocycles. The van der Waals surface area contributed by atoms with Crippen LogP contribution >= 0.6 is 47.8 Å². The molecular formula is C15H13Br3N2O. The lowest BCUT2D eigenvalue weighted by Crippen LogP contribution is -2.16. The number of hydrogen-bond donors (Lipinski definition) is 1. The average Bonchev–Trinajstić information content (AvgIpc) is 2.37. The Hall–Kier alpha value is -0.850. The first-order valence-corrected chi connectivity index (χ1v) is 8.49. The summed E-state index contributed by atoms with van der Waals surface area (Å²) in [4.78, 5) is 14.4. The second-order valence-electron chi connectivity index (χ2n) is 4.67. The molecular weight excluding hydrogens is 464 g/mol. The van der Waals surface area contributed by atoms with Gasteiger partial charge in [0, 0.05) is 33.1 Å². The molecule has 21 heavy (non-hydrogen) atoms. The second kappa shape index (κ2) is 6.94. The molecule has 0 radical (unpaired) electrons. The molecule has 0 aliphatic heterocycles. The number of hydrogen-bond acceptors (Lipinski definition) is 2. The molecule has 1 amide bonds. The number of anilines is 2. The van der Waals surface area contributed by atoms with Crippen LogP contribution in [0.15, 0.2) is 49.8 Å². The van der Waals surface area contributed by atoms with Crippen LogP contribution in [0.2, 0.25) is 0 Å². The van der Waals surface area contributed by atoms with Gasteiger partial charge in [-0.3, -0.25) is 4.79 Å². The van der Waals surface area contributed by atoms with Gasteiger partial charge in [0.15, 0.2) is 0 Å². The molecule has 0 aliphatic carbocycles. The lowest BCUT2D eigenvalue weighted by Gasteiger charge is -2.18.